The average molecular weight is 171 g/mol. The lowest BCUT2D eigenvalue weighted by molar-refractivity contribution is -0.144. The first kappa shape index (κ1) is 9.52. The van der Waals surface area contributed by atoms with Crippen molar-refractivity contribution in [2.45, 2.75) is 26.2 Å². The Labute approximate surface area is 73.5 Å². The molecule has 1 fully saturated rings. The van der Waals surface area contributed by atoms with Crippen LogP contribution in [0.1, 0.15) is 26.2 Å². The molecule has 0 aromatic heterocycles. The summed E-state index contributed by atoms with van der Waals surface area (Å²) in [4.78, 5) is 11.0. The summed E-state index contributed by atoms with van der Waals surface area (Å²) in [5.74, 6) is 0.607. The van der Waals surface area contributed by atoms with Crippen molar-refractivity contribution in [3.63, 3.8) is 0 Å². The molecule has 12 heavy (non-hydrogen) atoms. The summed E-state index contributed by atoms with van der Waals surface area (Å²) in [7, 11) is 0. The third kappa shape index (κ3) is 4.34. The van der Waals surface area contributed by atoms with Gasteiger partial charge in [0.25, 0.3) is 0 Å². The summed E-state index contributed by atoms with van der Waals surface area (Å²) in [6.07, 6.45) is 2.97. The third-order valence-corrected chi connectivity index (χ3v) is 1.93. The van der Waals surface area contributed by atoms with Gasteiger partial charge in [-0.2, -0.15) is 0 Å². The maximum atomic E-state index is 11.0. The highest BCUT2D eigenvalue weighted by Crippen LogP contribution is 2.28. The number of hydrogen-bond donors (Lipinski definition) is 1. The van der Waals surface area contributed by atoms with E-state index in [1.807, 2.05) is 6.92 Å². The van der Waals surface area contributed by atoms with E-state index in [0.29, 0.717) is 18.9 Å². The van der Waals surface area contributed by atoms with Gasteiger partial charge in [-0.3, -0.25) is 4.79 Å². The van der Waals surface area contributed by atoms with E-state index in [2.05, 4.69) is 5.32 Å². The zero-order valence-corrected chi connectivity index (χ0v) is 7.64. The minimum atomic E-state index is -0.0668. The van der Waals surface area contributed by atoms with Gasteiger partial charge in [0.1, 0.15) is 0 Å². The second-order valence-electron chi connectivity index (χ2n) is 3.23. The van der Waals surface area contributed by atoms with Gasteiger partial charge in [-0.15, -0.1) is 0 Å². The van der Waals surface area contributed by atoms with E-state index in [0.717, 1.165) is 13.1 Å². The van der Waals surface area contributed by atoms with Crippen LogP contribution in [0.3, 0.4) is 0 Å². The van der Waals surface area contributed by atoms with Gasteiger partial charge in [0.05, 0.1) is 13.0 Å². The Bertz CT molecular complexity index is 143. The molecule has 0 unspecified atom stereocenters. The normalized spacial score (nSPS) is 16.1. The second kappa shape index (κ2) is 5.14. The first-order valence-electron chi connectivity index (χ1n) is 4.69. The third-order valence-electron chi connectivity index (χ3n) is 1.93. The van der Waals surface area contributed by atoms with Crippen molar-refractivity contribution in [2.75, 3.05) is 19.7 Å². The molecule has 0 spiro atoms. The Morgan fingerprint density at radius 2 is 2.33 bits per heavy atom. The molecule has 0 aromatic rings. The van der Waals surface area contributed by atoms with Crippen LogP contribution in [0.25, 0.3) is 0 Å². The molecule has 0 amide bonds. The molecule has 1 rings (SSSR count). The number of rotatable bonds is 6. The molecule has 70 valence electrons. The van der Waals surface area contributed by atoms with E-state index in [1.54, 1.807) is 0 Å². The Balaban J connectivity index is 1.88. The van der Waals surface area contributed by atoms with Crippen LogP contribution in [0.2, 0.25) is 0 Å². The summed E-state index contributed by atoms with van der Waals surface area (Å²) in [6.45, 7) is 4.32. The maximum absolute atomic E-state index is 11.0. The molecule has 3 nitrogen and oxygen atoms in total. The SMILES string of the molecule is CCNCCC(=O)OCC1CC1. The maximum Gasteiger partial charge on any atom is 0.307 e. The van der Waals surface area contributed by atoms with Gasteiger partial charge in [0.15, 0.2) is 0 Å². The van der Waals surface area contributed by atoms with Crippen LogP contribution in [0.15, 0.2) is 0 Å². The second-order valence-corrected chi connectivity index (χ2v) is 3.23. The van der Waals surface area contributed by atoms with Gasteiger partial charge in [-0.25, -0.2) is 0 Å². The highest BCUT2D eigenvalue weighted by atomic mass is 16.5. The van der Waals surface area contributed by atoms with Crippen molar-refractivity contribution < 1.29 is 9.53 Å². The summed E-state index contributed by atoms with van der Waals surface area (Å²) in [5, 5.41) is 3.08. The summed E-state index contributed by atoms with van der Waals surface area (Å²) >= 11 is 0. The van der Waals surface area contributed by atoms with Gasteiger partial charge in [-0.05, 0) is 25.3 Å². The van der Waals surface area contributed by atoms with Crippen LogP contribution in [-0.2, 0) is 9.53 Å². The molecule has 0 aromatic carbocycles. The smallest absolute Gasteiger partial charge is 0.307 e. The number of hydrogen-bond acceptors (Lipinski definition) is 3. The topological polar surface area (TPSA) is 38.3 Å². The fourth-order valence-electron chi connectivity index (χ4n) is 0.935. The van der Waals surface area contributed by atoms with E-state index in [-0.39, 0.29) is 5.97 Å². The van der Waals surface area contributed by atoms with Gasteiger partial charge in [0.2, 0.25) is 0 Å². The zero-order chi connectivity index (χ0) is 8.81. The fourth-order valence-corrected chi connectivity index (χ4v) is 0.935. The van der Waals surface area contributed by atoms with E-state index in [9.17, 15) is 4.79 Å². The van der Waals surface area contributed by atoms with Crippen molar-refractivity contribution in [3.8, 4) is 0 Å². The summed E-state index contributed by atoms with van der Waals surface area (Å²) in [5.41, 5.74) is 0. The molecular formula is C9H17NO2. The zero-order valence-electron chi connectivity index (χ0n) is 7.64. The first-order valence-corrected chi connectivity index (χ1v) is 4.69. The Hall–Kier alpha value is -0.570. The van der Waals surface area contributed by atoms with Crippen molar-refractivity contribution in [3.05, 3.63) is 0 Å². The van der Waals surface area contributed by atoms with Crippen LogP contribution in [0.4, 0.5) is 0 Å². The highest BCUT2D eigenvalue weighted by Gasteiger charge is 2.22. The predicted octanol–water partition coefficient (Wildman–Crippen LogP) is 0.939. The average Bonchev–Trinajstić information content (AvgIpc) is 2.84. The van der Waals surface area contributed by atoms with Crippen molar-refractivity contribution in [2.24, 2.45) is 5.92 Å². The Morgan fingerprint density at radius 1 is 1.58 bits per heavy atom. The van der Waals surface area contributed by atoms with Crippen molar-refractivity contribution >= 4 is 5.97 Å². The van der Waals surface area contributed by atoms with Crippen LogP contribution < -0.4 is 5.32 Å². The minimum Gasteiger partial charge on any atom is -0.465 e. The number of ether oxygens (including phenoxy) is 1. The van der Waals surface area contributed by atoms with Gasteiger partial charge in [0, 0.05) is 6.54 Å². The molecule has 0 bridgehead atoms. The minimum absolute atomic E-state index is 0.0668. The van der Waals surface area contributed by atoms with Crippen molar-refractivity contribution in [1.29, 1.82) is 0 Å². The van der Waals surface area contributed by atoms with E-state index < -0.39 is 0 Å². The summed E-state index contributed by atoms with van der Waals surface area (Å²) in [6, 6.07) is 0. The number of nitrogens with one attached hydrogen (secondary N) is 1. The number of esters is 1. The molecule has 0 aliphatic heterocycles. The van der Waals surface area contributed by atoms with Crippen LogP contribution in [0.5, 0.6) is 0 Å². The largest absolute Gasteiger partial charge is 0.465 e. The van der Waals surface area contributed by atoms with Gasteiger partial charge in [-0.1, -0.05) is 6.92 Å². The van der Waals surface area contributed by atoms with Gasteiger partial charge >= 0.3 is 5.97 Å². The molecule has 1 N–H and O–H groups in total. The van der Waals surface area contributed by atoms with Crippen LogP contribution >= 0.6 is 0 Å². The lowest BCUT2D eigenvalue weighted by Gasteiger charge is -2.03. The molecule has 1 saturated carbocycles. The monoisotopic (exact) mass is 171 g/mol. The molecule has 3 heteroatoms. The Kier molecular flexibility index (Phi) is 4.08. The molecule has 1 aliphatic carbocycles. The highest BCUT2D eigenvalue weighted by molar-refractivity contribution is 5.69. The first-order chi connectivity index (χ1) is 5.83. The lowest BCUT2D eigenvalue weighted by Crippen LogP contribution is -2.19. The molecule has 0 heterocycles. The summed E-state index contributed by atoms with van der Waals surface area (Å²) < 4.78 is 5.03. The predicted molar refractivity (Wildman–Crippen MR) is 46.8 cm³/mol. The van der Waals surface area contributed by atoms with Gasteiger partial charge < -0.3 is 10.1 Å². The molecule has 1 aliphatic rings. The number of carbonyl (C=O) groups excluding carboxylic acids is 1. The lowest BCUT2D eigenvalue weighted by atomic mass is 10.4. The fraction of sp³-hybridized carbons (Fsp3) is 0.889. The molecular weight excluding hydrogens is 154 g/mol. The number of carbonyl (C=O) groups is 1. The standard InChI is InChI=1S/C9H17NO2/c1-2-10-6-5-9(11)12-7-8-3-4-8/h8,10H,2-7H2,1H3. The van der Waals surface area contributed by atoms with E-state index >= 15 is 0 Å². The van der Waals surface area contributed by atoms with Crippen LogP contribution in [-0.4, -0.2) is 25.7 Å². The molecule has 0 atom stereocenters. The van der Waals surface area contributed by atoms with Crippen LogP contribution in [0, 0.1) is 5.92 Å². The van der Waals surface area contributed by atoms with E-state index in [4.69, 9.17) is 4.74 Å². The van der Waals surface area contributed by atoms with Crippen molar-refractivity contribution in [1.82, 2.24) is 5.32 Å². The molecule has 0 radical (unpaired) electrons. The molecule has 0 saturated heterocycles. The van der Waals surface area contributed by atoms with E-state index in [1.165, 1.54) is 12.8 Å². The quantitative estimate of drug-likeness (QED) is 0.477. The Morgan fingerprint density at radius 3 is 2.92 bits per heavy atom.